The van der Waals surface area contributed by atoms with Crippen LogP contribution in [0.2, 0.25) is 0 Å². The lowest BCUT2D eigenvalue weighted by Crippen LogP contribution is -2.18. The van der Waals surface area contributed by atoms with Gasteiger partial charge < -0.3 is 10.6 Å². The molecular formula is C14H20N2O. The van der Waals surface area contributed by atoms with Gasteiger partial charge in [-0.05, 0) is 62.5 Å². The fourth-order valence-corrected chi connectivity index (χ4v) is 2.18. The third-order valence-electron chi connectivity index (χ3n) is 3.43. The Morgan fingerprint density at radius 2 is 2.24 bits per heavy atom. The zero-order valence-electron chi connectivity index (χ0n) is 10.5. The number of carbonyl (C=O) groups is 1. The molecule has 0 radical (unpaired) electrons. The van der Waals surface area contributed by atoms with Gasteiger partial charge in [0.05, 0.1) is 0 Å². The molecule has 0 aromatic heterocycles. The molecular weight excluding hydrogens is 212 g/mol. The maximum Gasteiger partial charge on any atom is 0.224 e. The largest absolute Gasteiger partial charge is 0.326 e. The Kier molecular flexibility index (Phi) is 3.79. The number of amides is 1. The summed E-state index contributed by atoms with van der Waals surface area (Å²) in [6, 6.07) is 6.04. The molecule has 0 bridgehead atoms. The zero-order valence-corrected chi connectivity index (χ0v) is 10.5. The highest BCUT2D eigenvalue weighted by molar-refractivity contribution is 5.91. The normalized spacial score (nSPS) is 19.3. The summed E-state index contributed by atoms with van der Waals surface area (Å²) in [5, 5.41) is 6.25. The number of anilines is 1. The Morgan fingerprint density at radius 1 is 1.41 bits per heavy atom. The lowest BCUT2D eigenvalue weighted by atomic mass is 10.0. The third-order valence-corrected chi connectivity index (χ3v) is 3.43. The molecule has 1 atom stereocenters. The van der Waals surface area contributed by atoms with Crippen molar-refractivity contribution in [1.29, 1.82) is 0 Å². The van der Waals surface area contributed by atoms with E-state index in [9.17, 15) is 4.79 Å². The number of aryl methyl sites for hydroxylation is 2. The topological polar surface area (TPSA) is 41.1 Å². The molecule has 2 rings (SSSR count). The molecule has 0 saturated carbocycles. The van der Waals surface area contributed by atoms with Gasteiger partial charge in [0.15, 0.2) is 0 Å². The molecule has 1 aromatic rings. The molecule has 0 aliphatic carbocycles. The third kappa shape index (κ3) is 3.30. The van der Waals surface area contributed by atoms with Crippen LogP contribution < -0.4 is 10.6 Å². The van der Waals surface area contributed by atoms with Crippen LogP contribution in [0.15, 0.2) is 18.2 Å². The van der Waals surface area contributed by atoms with Gasteiger partial charge in [0.25, 0.3) is 0 Å². The van der Waals surface area contributed by atoms with E-state index < -0.39 is 0 Å². The van der Waals surface area contributed by atoms with Crippen molar-refractivity contribution in [3.63, 3.8) is 0 Å². The van der Waals surface area contributed by atoms with Crippen LogP contribution in [0.3, 0.4) is 0 Å². The Labute approximate surface area is 103 Å². The molecule has 2 N–H and O–H groups in total. The molecule has 1 saturated heterocycles. The van der Waals surface area contributed by atoms with Crippen LogP contribution in [-0.2, 0) is 4.79 Å². The molecule has 17 heavy (non-hydrogen) atoms. The average Bonchev–Trinajstić information content (AvgIpc) is 2.76. The maximum absolute atomic E-state index is 11.8. The van der Waals surface area contributed by atoms with Crippen LogP contribution in [0.25, 0.3) is 0 Å². The fourth-order valence-electron chi connectivity index (χ4n) is 2.18. The minimum Gasteiger partial charge on any atom is -0.326 e. The predicted octanol–water partition coefficient (Wildman–Crippen LogP) is 2.24. The lowest BCUT2D eigenvalue weighted by molar-refractivity contribution is -0.116. The zero-order chi connectivity index (χ0) is 12.3. The van der Waals surface area contributed by atoms with Gasteiger partial charge in [0, 0.05) is 12.1 Å². The van der Waals surface area contributed by atoms with E-state index in [1.165, 1.54) is 11.1 Å². The quantitative estimate of drug-likeness (QED) is 0.839. The molecule has 3 heteroatoms. The van der Waals surface area contributed by atoms with Crippen LogP contribution >= 0.6 is 0 Å². The minimum atomic E-state index is 0.127. The smallest absolute Gasteiger partial charge is 0.224 e. The monoisotopic (exact) mass is 232 g/mol. The lowest BCUT2D eigenvalue weighted by Gasteiger charge is -2.10. The first-order valence-corrected chi connectivity index (χ1v) is 6.23. The van der Waals surface area contributed by atoms with Crippen molar-refractivity contribution >= 4 is 11.6 Å². The van der Waals surface area contributed by atoms with Crippen molar-refractivity contribution in [3.8, 4) is 0 Å². The van der Waals surface area contributed by atoms with Gasteiger partial charge in [-0.2, -0.15) is 0 Å². The van der Waals surface area contributed by atoms with Crippen molar-refractivity contribution in [2.45, 2.75) is 26.7 Å². The van der Waals surface area contributed by atoms with Gasteiger partial charge >= 0.3 is 0 Å². The van der Waals surface area contributed by atoms with Gasteiger partial charge in [0.2, 0.25) is 5.91 Å². The molecule has 1 aliphatic rings. The summed E-state index contributed by atoms with van der Waals surface area (Å²) in [5.41, 5.74) is 3.37. The standard InChI is InChI=1S/C14H20N2O/c1-10-3-4-13(7-11(10)2)16-14(17)8-12-5-6-15-9-12/h3-4,7,12,15H,5-6,8-9H2,1-2H3,(H,16,17). The van der Waals surface area contributed by atoms with Crippen molar-refractivity contribution in [1.82, 2.24) is 5.32 Å². The van der Waals surface area contributed by atoms with Crippen LogP contribution in [0.5, 0.6) is 0 Å². The second-order valence-corrected chi connectivity index (χ2v) is 4.91. The molecule has 1 aliphatic heterocycles. The molecule has 1 heterocycles. The van der Waals surface area contributed by atoms with Crippen molar-refractivity contribution in [3.05, 3.63) is 29.3 Å². The first-order chi connectivity index (χ1) is 8.15. The Bertz CT molecular complexity index is 409. The van der Waals surface area contributed by atoms with Crippen LogP contribution in [-0.4, -0.2) is 19.0 Å². The van der Waals surface area contributed by atoms with E-state index in [2.05, 4.69) is 24.5 Å². The van der Waals surface area contributed by atoms with Crippen LogP contribution in [0.4, 0.5) is 5.69 Å². The van der Waals surface area contributed by atoms with Gasteiger partial charge in [-0.15, -0.1) is 0 Å². The first-order valence-electron chi connectivity index (χ1n) is 6.23. The SMILES string of the molecule is Cc1ccc(NC(=O)CC2CCNC2)cc1C. The van der Waals surface area contributed by atoms with E-state index >= 15 is 0 Å². The Hall–Kier alpha value is -1.35. The average molecular weight is 232 g/mol. The number of benzene rings is 1. The Morgan fingerprint density at radius 3 is 2.88 bits per heavy atom. The summed E-state index contributed by atoms with van der Waals surface area (Å²) in [6.07, 6.45) is 1.74. The van der Waals surface area contributed by atoms with Crippen molar-refractivity contribution < 1.29 is 4.79 Å². The Balaban J connectivity index is 1.90. The second kappa shape index (κ2) is 5.32. The van der Waals surface area contributed by atoms with E-state index in [1.54, 1.807) is 0 Å². The molecule has 1 unspecified atom stereocenters. The van der Waals surface area contributed by atoms with Gasteiger partial charge in [-0.3, -0.25) is 4.79 Å². The van der Waals surface area contributed by atoms with E-state index in [4.69, 9.17) is 0 Å². The minimum absolute atomic E-state index is 0.127. The summed E-state index contributed by atoms with van der Waals surface area (Å²) in [7, 11) is 0. The highest BCUT2D eigenvalue weighted by Gasteiger charge is 2.17. The molecule has 1 aromatic carbocycles. The summed E-state index contributed by atoms with van der Waals surface area (Å²) < 4.78 is 0. The van der Waals surface area contributed by atoms with E-state index in [1.807, 2.05) is 18.2 Å². The van der Waals surface area contributed by atoms with Crippen LogP contribution in [0, 0.1) is 19.8 Å². The molecule has 1 amide bonds. The number of carbonyl (C=O) groups excluding carboxylic acids is 1. The number of hydrogen-bond donors (Lipinski definition) is 2. The number of nitrogens with one attached hydrogen (secondary N) is 2. The second-order valence-electron chi connectivity index (χ2n) is 4.91. The van der Waals surface area contributed by atoms with Crippen molar-refractivity contribution in [2.24, 2.45) is 5.92 Å². The van der Waals surface area contributed by atoms with Crippen molar-refractivity contribution in [2.75, 3.05) is 18.4 Å². The molecule has 92 valence electrons. The number of hydrogen-bond acceptors (Lipinski definition) is 2. The van der Waals surface area contributed by atoms with E-state index in [0.29, 0.717) is 12.3 Å². The van der Waals surface area contributed by atoms with Crippen LogP contribution in [0.1, 0.15) is 24.0 Å². The highest BCUT2D eigenvalue weighted by atomic mass is 16.1. The molecule has 1 fully saturated rings. The highest BCUT2D eigenvalue weighted by Crippen LogP contribution is 2.16. The maximum atomic E-state index is 11.8. The summed E-state index contributed by atoms with van der Waals surface area (Å²) in [4.78, 5) is 11.8. The van der Waals surface area contributed by atoms with Gasteiger partial charge in [-0.1, -0.05) is 6.07 Å². The summed E-state index contributed by atoms with van der Waals surface area (Å²) in [5.74, 6) is 0.628. The predicted molar refractivity (Wildman–Crippen MR) is 70.1 cm³/mol. The summed E-state index contributed by atoms with van der Waals surface area (Å²) in [6.45, 7) is 6.15. The summed E-state index contributed by atoms with van der Waals surface area (Å²) >= 11 is 0. The molecule has 0 spiro atoms. The first kappa shape index (κ1) is 12.1. The van der Waals surface area contributed by atoms with E-state index in [-0.39, 0.29) is 5.91 Å². The fraction of sp³-hybridized carbons (Fsp3) is 0.500. The van der Waals surface area contributed by atoms with E-state index in [0.717, 1.165) is 25.2 Å². The van der Waals surface area contributed by atoms with Gasteiger partial charge in [-0.25, -0.2) is 0 Å². The van der Waals surface area contributed by atoms with Gasteiger partial charge in [0.1, 0.15) is 0 Å². The number of rotatable bonds is 3. The molecule has 3 nitrogen and oxygen atoms in total.